The summed E-state index contributed by atoms with van der Waals surface area (Å²) in [5.41, 5.74) is -0.856. The van der Waals surface area contributed by atoms with E-state index in [0.29, 0.717) is 6.42 Å². The standard InChI is InChI=1S/C11H16N4O5/c1-4-6(2)8(11(17)18)12-10(16)9-7(15(19)20)5-14(3)13-9/h5-6,8H,4H2,1-3H3,(H,12,16)(H,17,18)/t6-,8-/m0/s1. The summed E-state index contributed by atoms with van der Waals surface area (Å²) in [5, 5.41) is 25.9. The molecule has 0 aliphatic carbocycles. The molecule has 2 N–H and O–H groups in total. The Morgan fingerprint density at radius 1 is 1.60 bits per heavy atom. The van der Waals surface area contributed by atoms with Crippen LogP contribution >= 0.6 is 0 Å². The number of carbonyl (C=O) groups excluding carboxylic acids is 1. The lowest BCUT2D eigenvalue weighted by Crippen LogP contribution is -2.45. The van der Waals surface area contributed by atoms with Crippen molar-refractivity contribution in [2.24, 2.45) is 13.0 Å². The van der Waals surface area contributed by atoms with Gasteiger partial charge < -0.3 is 10.4 Å². The van der Waals surface area contributed by atoms with Gasteiger partial charge in [-0.05, 0) is 5.92 Å². The number of carboxylic acids is 1. The molecule has 1 heterocycles. The largest absolute Gasteiger partial charge is 0.480 e. The average Bonchev–Trinajstić information content (AvgIpc) is 2.76. The second-order valence-electron chi connectivity index (χ2n) is 4.47. The van der Waals surface area contributed by atoms with E-state index < -0.39 is 34.2 Å². The Bertz CT molecular complexity index is 539. The molecule has 1 rings (SSSR count). The van der Waals surface area contributed by atoms with Crippen LogP contribution in [0.15, 0.2) is 6.20 Å². The highest BCUT2D eigenvalue weighted by molar-refractivity contribution is 5.98. The molecule has 0 bridgehead atoms. The highest BCUT2D eigenvalue weighted by Crippen LogP contribution is 2.17. The van der Waals surface area contributed by atoms with Gasteiger partial charge in [-0.1, -0.05) is 20.3 Å². The maximum absolute atomic E-state index is 12.0. The summed E-state index contributed by atoms with van der Waals surface area (Å²) in [5.74, 6) is -2.37. The summed E-state index contributed by atoms with van der Waals surface area (Å²) in [6.45, 7) is 3.46. The topological polar surface area (TPSA) is 127 Å². The molecule has 0 saturated carbocycles. The van der Waals surface area contributed by atoms with Crippen LogP contribution < -0.4 is 5.32 Å². The Hall–Kier alpha value is -2.45. The number of hydrogen-bond acceptors (Lipinski definition) is 5. The van der Waals surface area contributed by atoms with Gasteiger partial charge >= 0.3 is 11.7 Å². The lowest BCUT2D eigenvalue weighted by atomic mass is 9.99. The zero-order valence-electron chi connectivity index (χ0n) is 11.4. The third-order valence-corrected chi connectivity index (χ3v) is 2.99. The van der Waals surface area contributed by atoms with E-state index in [0.717, 1.165) is 10.9 Å². The van der Waals surface area contributed by atoms with Gasteiger partial charge in [0.2, 0.25) is 5.69 Å². The van der Waals surface area contributed by atoms with Gasteiger partial charge in [0.15, 0.2) is 0 Å². The van der Waals surface area contributed by atoms with E-state index in [1.54, 1.807) is 13.8 Å². The lowest BCUT2D eigenvalue weighted by molar-refractivity contribution is -0.385. The Morgan fingerprint density at radius 3 is 2.65 bits per heavy atom. The molecule has 1 aromatic heterocycles. The average molecular weight is 284 g/mol. The molecule has 2 atom stereocenters. The van der Waals surface area contributed by atoms with Crippen LogP contribution in [0.3, 0.4) is 0 Å². The first-order valence-electron chi connectivity index (χ1n) is 5.99. The van der Waals surface area contributed by atoms with Crippen molar-refractivity contribution in [1.29, 1.82) is 0 Å². The summed E-state index contributed by atoms with van der Waals surface area (Å²) in [6, 6.07) is -1.12. The van der Waals surface area contributed by atoms with E-state index in [4.69, 9.17) is 5.11 Å². The van der Waals surface area contributed by atoms with Crippen molar-refractivity contribution in [2.75, 3.05) is 0 Å². The van der Waals surface area contributed by atoms with Crippen LogP contribution in [-0.2, 0) is 11.8 Å². The van der Waals surface area contributed by atoms with Gasteiger partial charge in [-0.25, -0.2) is 4.79 Å². The molecule has 20 heavy (non-hydrogen) atoms. The molecule has 0 aromatic carbocycles. The number of aryl methyl sites for hydroxylation is 1. The van der Waals surface area contributed by atoms with Gasteiger partial charge in [0.1, 0.15) is 12.2 Å². The second-order valence-corrected chi connectivity index (χ2v) is 4.47. The van der Waals surface area contributed by atoms with Gasteiger partial charge in [-0.3, -0.25) is 19.6 Å². The Balaban J connectivity index is 3.00. The molecule has 0 unspecified atom stereocenters. The molecular weight excluding hydrogens is 268 g/mol. The predicted octanol–water partition coefficient (Wildman–Crippen LogP) is 0.557. The van der Waals surface area contributed by atoms with Gasteiger partial charge in [0.05, 0.1) is 4.92 Å². The predicted molar refractivity (Wildman–Crippen MR) is 68.2 cm³/mol. The monoisotopic (exact) mass is 284 g/mol. The Morgan fingerprint density at radius 2 is 2.20 bits per heavy atom. The molecule has 1 aromatic rings. The summed E-state index contributed by atoms with van der Waals surface area (Å²) < 4.78 is 1.13. The molecule has 9 heteroatoms. The highest BCUT2D eigenvalue weighted by Gasteiger charge is 2.30. The summed E-state index contributed by atoms with van der Waals surface area (Å²) in [7, 11) is 1.44. The van der Waals surface area contributed by atoms with Crippen molar-refractivity contribution in [3.05, 3.63) is 22.0 Å². The summed E-state index contributed by atoms with van der Waals surface area (Å²) in [6.07, 6.45) is 1.63. The van der Waals surface area contributed by atoms with E-state index in [2.05, 4.69) is 10.4 Å². The fraction of sp³-hybridized carbons (Fsp3) is 0.545. The number of aromatic nitrogens is 2. The summed E-state index contributed by atoms with van der Waals surface area (Å²) >= 11 is 0. The SMILES string of the molecule is CC[C@H](C)[C@H](NC(=O)c1nn(C)cc1[N+](=O)[O-])C(=O)O. The third-order valence-electron chi connectivity index (χ3n) is 2.99. The van der Waals surface area contributed by atoms with Gasteiger partial charge in [-0.15, -0.1) is 0 Å². The first-order valence-corrected chi connectivity index (χ1v) is 5.99. The maximum Gasteiger partial charge on any atom is 0.326 e. The third kappa shape index (κ3) is 3.31. The van der Waals surface area contributed by atoms with Crippen LogP contribution in [0.2, 0.25) is 0 Å². The van der Waals surface area contributed by atoms with Crippen molar-refractivity contribution in [1.82, 2.24) is 15.1 Å². The van der Waals surface area contributed by atoms with Crippen molar-refractivity contribution in [3.63, 3.8) is 0 Å². The van der Waals surface area contributed by atoms with Gasteiger partial charge in [0.25, 0.3) is 5.91 Å². The molecule has 0 radical (unpaired) electrons. The van der Waals surface area contributed by atoms with E-state index in [9.17, 15) is 19.7 Å². The Labute approximate surface area is 114 Å². The number of nitro groups is 1. The van der Waals surface area contributed by atoms with Crippen LogP contribution in [0.5, 0.6) is 0 Å². The number of hydrogen-bond donors (Lipinski definition) is 2. The first-order chi connectivity index (χ1) is 9.27. The zero-order chi connectivity index (χ0) is 15.4. The zero-order valence-corrected chi connectivity index (χ0v) is 11.4. The minimum absolute atomic E-state index is 0.306. The summed E-state index contributed by atoms with van der Waals surface area (Å²) in [4.78, 5) is 33.2. The van der Waals surface area contributed by atoms with Crippen molar-refractivity contribution >= 4 is 17.6 Å². The molecular formula is C11H16N4O5. The van der Waals surface area contributed by atoms with Crippen LogP contribution in [0, 0.1) is 16.0 Å². The minimum atomic E-state index is -1.19. The van der Waals surface area contributed by atoms with Crippen LogP contribution in [0.4, 0.5) is 5.69 Å². The van der Waals surface area contributed by atoms with E-state index in [1.807, 2.05) is 0 Å². The quantitative estimate of drug-likeness (QED) is 0.580. The second kappa shape index (κ2) is 6.13. The van der Waals surface area contributed by atoms with Gasteiger partial charge in [-0.2, -0.15) is 5.10 Å². The fourth-order valence-electron chi connectivity index (χ4n) is 1.66. The molecule has 9 nitrogen and oxygen atoms in total. The molecule has 0 saturated heterocycles. The van der Waals surface area contributed by atoms with Crippen molar-refractivity contribution in [2.45, 2.75) is 26.3 Å². The van der Waals surface area contributed by atoms with Crippen molar-refractivity contribution < 1.29 is 19.6 Å². The first kappa shape index (κ1) is 15.6. The molecule has 110 valence electrons. The Kier molecular flexibility index (Phi) is 4.78. The number of aliphatic carboxylic acids is 1. The number of carbonyl (C=O) groups is 2. The van der Waals surface area contributed by atoms with E-state index in [-0.39, 0.29) is 5.92 Å². The molecule has 0 spiro atoms. The number of rotatable bonds is 6. The smallest absolute Gasteiger partial charge is 0.326 e. The number of nitrogens with zero attached hydrogens (tertiary/aromatic N) is 3. The molecule has 0 fully saturated rings. The highest BCUT2D eigenvalue weighted by atomic mass is 16.6. The van der Waals surface area contributed by atoms with Crippen LogP contribution in [0.1, 0.15) is 30.8 Å². The molecule has 0 aliphatic rings. The van der Waals surface area contributed by atoms with Gasteiger partial charge in [0, 0.05) is 7.05 Å². The fourth-order valence-corrected chi connectivity index (χ4v) is 1.66. The van der Waals surface area contributed by atoms with Crippen LogP contribution in [-0.4, -0.2) is 37.7 Å². The number of amides is 1. The number of nitrogens with one attached hydrogen (secondary N) is 1. The minimum Gasteiger partial charge on any atom is -0.480 e. The van der Waals surface area contributed by atoms with Crippen molar-refractivity contribution in [3.8, 4) is 0 Å². The lowest BCUT2D eigenvalue weighted by Gasteiger charge is -2.19. The molecule has 1 amide bonds. The van der Waals surface area contributed by atoms with E-state index in [1.165, 1.54) is 7.05 Å². The normalized spacial score (nSPS) is 13.6. The molecule has 0 aliphatic heterocycles. The maximum atomic E-state index is 12.0. The van der Waals surface area contributed by atoms with E-state index >= 15 is 0 Å². The van der Waals surface area contributed by atoms with Crippen LogP contribution in [0.25, 0.3) is 0 Å². The number of carboxylic acid groups (broad SMARTS) is 1.